The molecule has 5 nitrogen and oxygen atoms in total. The highest BCUT2D eigenvalue weighted by Gasteiger charge is 2.30. The lowest BCUT2D eigenvalue weighted by molar-refractivity contribution is -0.137. The fourth-order valence-corrected chi connectivity index (χ4v) is 3.09. The predicted octanol–water partition coefficient (Wildman–Crippen LogP) is 5.70. The summed E-state index contributed by atoms with van der Waals surface area (Å²) in [6.07, 6.45) is -4.16. The van der Waals surface area contributed by atoms with Crippen LogP contribution in [0.4, 0.5) is 33.7 Å². The second-order valence-corrected chi connectivity index (χ2v) is 7.11. The van der Waals surface area contributed by atoms with E-state index >= 15 is 0 Å². The lowest BCUT2D eigenvalue weighted by atomic mass is 10.1. The van der Waals surface area contributed by atoms with Crippen LogP contribution in [0.5, 0.6) is 0 Å². The summed E-state index contributed by atoms with van der Waals surface area (Å²) in [5, 5.41) is 4.91. The predicted molar refractivity (Wildman–Crippen MR) is 118 cm³/mol. The summed E-state index contributed by atoms with van der Waals surface area (Å²) in [4.78, 5) is 26.5. The topological polar surface area (TPSA) is 61.4 Å². The van der Waals surface area contributed by atoms with E-state index < -0.39 is 23.6 Å². The van der Waals surface area contributed by atoms with Gasteiger partial charge < -0.3 is 15.5 Å². The molecule has 33 heavy (non-hydrogen) atoms. The molecule has 0 spiro atoms. The number of nitrogens with one attached hydrogen (secondary N) is 2. The lowest BCUT2D eigenvalue weighted by Gasteiger charge is -2.23. The zero-order chi connectivity index (χ0) is 23.8. The highest BCUT2D eigenvalue weighted by atomic mass is 19.4. The summed E-state index contributed by atoms with van der Waals surface area (Å²) < 4.78 is 51.7. The van der Waals surface area contributed by atoms with E-state index in [1.54, 1.807) is 30.3 Å². The van der Waals surface area contributed by atoms with Gasteiger partial charge in [-0.15, -0.1) is 0 Å². The number of anilines is 2. The first-order chi connectivity index (χ1) is 15.7. The molecule has 0 fully saturated rings. The minimum atomic E-state index is -4.51. The maximum atomic E-state index is 13.3. The third-order valence-electron chi connectivity index (χ3n) is 4.70. The van der Waals surface area contributed by atoms with Crippen LogP contribution in [-0.4, -0.2) is 25.0 Å². The molecule has 3 aromatic rings. The Labute approximate surface area is 188 Å². The number of urea groups is 1. The van der Waals surface area contributed by atoms with Crippen LogP contribution in [0, 0.1) is 5.82 Å². The number of carbonyl (C=O) groups excluding carboxylic acids is 2. The summed E-state index contributed by atoms with van der Waals surface area (Å²) in [5.74, 6) is -0.714. The van der Waals surface area contributed by atoms with Crippen molar-refractivity contribution in [2.24, 2.45) is 0 Å². The van der Waals surface area contributed by atoms with Crippen LogP contribution in [0.25, 0.3) is 0 Å². The highest BCUT2D eigenvalue weighted by Crippen LogP contribution is 2.30. The first-order valence-corrected chi connectivity index (χ1v) is 10.1. The maximum absolute atomic E-state index is 13.3. The number of hydrogen-bond donors (Lipinski definition) is 2. The summed E-state index contributed by atoms with van der Waals surface area (Å²) in [6, 6.07) is 17.7. The molecule has 3 rings (SSSR count). The number of nitrogens with zero attached hydrogens (tertiary/aromatic N) is 1. The van der Waals surface area contributed by atoms with Gasteiger partial charge in [-0.2, -0.15) is 13.2 Å². The molecular formula is C24H21F4N3O2. The maximum Gasteiger partial charge on any atom is 0.416 e. The number of carbonyl (C=O) groups is 2. The molecule has 0 radical (unpaired) electrons. The Balaban J connectivity index is 1.58. The number of hydrogen-bond acceptors (Lipinski definition) is 2. The minimum absolute atomic E-state index is 0.00881. The van der Waals surface area contributed by atoms with E-state index in [0.29, 0.717) is 17.7 Å². The summed E-state index contributed by atoms with van der Waals surface area (Å²) in [6.45, 7) is 0.383. The number of benzene rings is 3. The molecule has 0 heterocycles. The van der Waals surface area contributed by atoms with E-state index in [0.717, 1.165) is 12.1 Å². The largest absolute Gasteiger partial charge is 0.416 e. The molecule has 0 aliphatic carbocycles. The Kier molecular flexibility index (Phi) is 7.66. The third-order valence-corrected chi connectivity index (χ3v) is 4.70. The van der Waals surface area contributed by atoms with Crippen LogP contribution in [0.2, 0.25) is 0 Å². The second-order valence-electron chi connectivity index (χ2n) is 7.11. The number of rotatable bonds is 7. The van der Waals surface area contributed by atoms with Gasteiger partial charge in [0.2, 0.25) is 0 Å². The van der Waals surface area contributed by atoms with Gasteiger partial charge in [-0.3, -0.25) is 4.79 Å². The van der Waals surface area contributed by atoms with Crippen molar-refractivity contribution in [2.45, 2.75) is 12.6 Å². The lowest BCUT2D eigenvalue weighted by Crippen LogP contribution is -2.35. The van der Waals surface area contributed by atoms with E-state index in [2.05, 4.69) is 10.6 Å². The fraction of sp³-hybridized carbons (Fsp3) is 0.167. The molecule has 0 unspecified atom stereocenters. The number of amides is 3. The van der Waals surface area contributed by atoms with Gasteiger partial charge in [0.1, 0.15) is 5.82 Å². The molecule has 0 atom stereocenters. The van der Waals surface area contributed by atoms with Gasteiger partial charge in [0, 0.05) is 30.0 Å². The van der Waals surface area contributed by atoms with Gasteiger partial charge >= 0.3 is 12.2 Å². The van der Waals surface area contributed by atoms with Crippen LogP contribution >= 0.6 is 0 Å². The van der Waals surface area contributed by atoms with Gasteiger partial charge in [-0.05, 0) is 61.0 Å². The smallest absolute Gasteiger partial charge is 0.338 e. The van der Waals surface area contributed by atoms with Gasteiger partial charge in [0.25, 0.3) is 5.91 Å². The SMILES string of the molecule is O=C(NCCCN(C(=O)c1ccccc1)c1ccc(F)cc1)Nc1cccc(C(F)(F)F)c1. The monoisotopic (exact) mass is 459 g/mol. The normalized spacial score (nSPS) is 11.0. The average molecular weight is 459 g/mol. The molecular weight excluding hydrogens is 438 g/mol. The Hall–Kier alpha value is -3.88. The molecule has 3 aromatic carbocycles. The second kappa shape index (κ2) is 10.6. The van der Waals surface area contributed by atoms with Crippen molar-refractivity contribution in [3.63, 3.8) is 0 Å². The number of halogens is 4. The molecule has 3 amide bonds. The van der Waals surface area contributed by atoms with Crippen LogP contribution < -0.4 is 15.5 Å². The highest BCUT2D eigenvalue weighted by molar-refractivity contribution is 6.06. The van der Waals surface area contributed by atoms with E-state index in [1.165, 1.54) is 41.3 Å². The molecule has 0 saturated heterocycles. The molecule has 172 valence electrons. The van der Waals surface area contributed by atoms with Crippen LogP contribution in [0.3, 0.4) is 0 Å². The van der Waals surface area contributed by atoms with Gasteiger partial charge in [-0.1, -0.05) is 24.3 Å². The number of alkyl halides is 3. The van der Waals surface area contributed by atoms with Crippen LogP contribution in [0.15, 0.2) is 78.9 Å². The summed E-state index contributed by atoms with van der Waals surface area (Å²) >= 11 is 0. The Morgan fingerprint density at radius 2 is 1.58 bits per heavy atom. The first kappa shape index (κ1) is 23.8. The van der Waals surface area contributed by atoms with Crippen molar-refractivity contribution in [1.82, 2.24) is 5.32 Å². The quantitative estimate of drug-likeness (QED) is 0.352. The summed E-state index contributed by atoms with van der Waals surface area (Å²) in [7, 11) is 0. The first-order valence-electron chi connectivity index (χ1n) is 10.1. The summed E-state index contributed by atoms with van der Waals surface area (Å²) in [5.41, 5.74) is 0.0972. The van der Waals surface area contributed by atoms with E-state index in [4.69, 9.17) is 0 Å². The fourth-order valence-electron chi connectivity index (χ4n) is 3.09. The van der Waals surface area contributed by atoms with Crippen molar-refractivity contribution >= 4 is 23.3 Å². The molecule has 0 aliphatic rings. The molecule has 0 aliphatic heterocycles. The van der Waals surface area contributed by atoms with Crippen LogP contribution in [-0.2, 0) is 6.18 Å². The molecule has 9 heteroatoms. The van der Waals surface area contributed by atoms with Crippen molar-refractivity contribution in [2.75, 3.05) is 23.3 Å². The van der Waals surface area contributed by atoms with E-state index in [1.807, 2.05) is 0 Å². The van der Waals surface area contributed by atoms with Crippen molar-refractivity contribution in [1.29, 1.82) is 0 Å². The van der Waals surface area contributed by atoms with Gasteiger partial charge in [0.15, 0.2) is 0 Å². The van der Waals surface area contributed by atoms with E-state index in [9.17, 15) is 27.2 Å². The standard InChI is InChI=1S/C24H21F4N3O2/c25-19-10-12-21(13-11-19)31(22(32)17-6-2-1-3-7-17)15-5-14-29-23(33)30-20-9-4-8-18(16-20)24(26,27)28/h1-4,6-13,16H,5,14-15H2,(H2,29,30,33). The molecule has 2 N–H and O–H groups in total. The van der Waals surface area contributed by atoms with Gasteiger partial charge in [0.05, 0.1) is 5.56 Å². The van der Waals surface area contributed by atoms with E-state index in [-0.39, 0.29) is 24.7 Å². The zero-order valence-electron chi connectivity index (χ0n) is 17.4. The Morgan fingerprint density at radius 1 is 0.879 bits per heavy atom. The molecule has 0 saturated carbocycles. The molecule has 0 bridgehead atoms. The minimum Gasteiger partial charge on any atom is -0.338 e. The zero-order valence-corrected chi connectivity index (χ0v) is 17.4. The van der Waals surface area contributed by atoms with Gasteiger partial charge in [-0.25, -0.2) is 9.18 Å². The molecule has 0 aromatic heterocycles. The Morgan fingerprint density at radius 3 is 2.24 bits per heavy atom. The van der Waals surface area contributed by atoms with Crippen molar-refractivity contribution < 1.29 is 27.2 Å². The van der Waals surface area contributed by atoms with Crippen LogP contribution in [0.1, 0.15) is 22.3 Å². The van der Waals surface area contributed by atoms with Crippen molar-refractivity contribution in [3.05, 3.63) is 95.8 Å². The third kappa shape index (κ3) is 6.80. The average Bonchev–Trinajstić information content (AvgIpc) is 2.80. The van der Waals surface area contributed by atoms with Crippen molar-refractivity contribution in [3.8, 4) is 0 Å². The Bertz CT molecular complexity index is 1090.